The zero-order chi connectivity index (χ0) is 12.6. The van der Waals surface area contributed by atoms with E-state index < -0.39 is 5.41 Å². The Morgan fingerprint density at radius 3 is 2.25 bits per heavy atom. The first-order valence-corrected chi connectivity index (χ1v) is 5.98. The normalized spacial score (nSPS) is 10.9. The molecule has 0 bridgehead atoms. The number of amides is 1. The van der Waals surface area contributed by atoms with Crippen LogP contribution in [0.15, 0.2) is 0 Å². The van der Waals surface area contributed by atoms with E-state index in [1.54, 1.807) is 4.90 Å². The Labute approximate surface area is 98.4 Å². The number of hydrogen-bond acceptors (Lipinski definition) is 3. The van der Waals surface area contributed by atoms with E-state index in [-0.39, 0.29) is 5.91 Å². The molecule has 0 aliphatic rings. The number of nitrogens with two attached hydrogens (primary N) is 1. The Bertz CT molecular complexity index is 245. The second kappa shape index (κ2) is 7.24. The van der Waals surface area contributed by atoms with Crippen LogP contribution in [-0.2, 0) is 4.79 Å². The van der Waals surface area contributed by atoms with Gasteiger partial charge in [0.25, 0.3) is 0 Å². The van der Waals surface area contributed by atoms with Gasteiger partial charge in [0, 0.05) is 19.6 Å². The molecule has 0 saturated heterocycles. The minimum Gasteiger partial charge on any atom is -0.341 e. The molecule has 0 rings (SSSR count). The fourth-order valence-electron chi connectivity index (χ4n) is 1.85. The average molecular weight is 225 g/mol. The minimum atomic E-state index is -0.439. The summed E-state index contributed by atoms with van der Waals surface area (Å²) in [5, 5.41) is 8.55. The fourth-order valence-corrected chi connectivity index (χ4v) is 1.85. The Morgan fingerprint density at radius 2 is 1.94 bits per heavy atom. The van der Waals surface area contributed by atoms with Crippen LogP contribution < -0.4 is 5.73 Å². The van der Waals surface area contributed by atoms with Crippen molar-refractivity contribution < 1.29 is 4.79 Å². The van der Waals surface area contributed by atoms with Crippen LogP contribution in [-0.4, -0.2) is 30.4 Å². The van der Waals surface area contributed by atoms with Gasteiger partial charge in [0.05, 0.1) is 17.9 Å². The topological polar surface area (TPSA) is 70.1 Å². The number of hydrogen-bond donors (Lipinski definition) is 1. The van der Waals surface area contributed by atoms with Gasteiger partial charge in [-0.2, -0.15) is 5.26 Å². The maximum absolute atomic E-state index is 12.3. The third-order valence-corrected chi connectivity index (χ3v) is 3.36. The second-order valence-electron chi connectivity index (χ2n) is 3.98. The molecule has 16 heavy (non-hydrogen) atoms. The lowest BCUT2D eigenvalue weighted by Gasteiger charge is -2.34. The quantitative estimate of drug-likeness (QED) is 0.714. The zero-order valence-corrected chi connectivity index (χ0v) is 10.6. The van der Waals surface area contributed by atoms with E-state index in [2.05, 4.69) is 6.07 Å². The van der Waals surface area contributed by atoms with Crippen molar-refractivity contribution in [3.63, 3.8) is 0 Å². The molecule has 2 N–H and O–H groups in total. The lowest BCUT2D eigenvalue weighted by Crippen LogP contribution is -2.47. The molecule has 0 atom stereocenters. The van der Waals surface area contributed by atoms with Gasteiger partial charge in [0.15, 0.2) is 0 Å². The van der Waals surface area contributed by atoms with E-state index in [0.717, 1.165) is 12.8 Å². The molecular formula is C12H23N3O. The molecule has 0 aromatic carbocycles. The van der Waals surface area contributed by atoms with Gasteiger partial charge in [0.1, 0.15) is 0 Å². The molecule has 1 amide bonds. The Balaban J connectivity index is 4.76. The molecule has 4 nitrogen and oxygen atoms in total. The first-order valence-electron chi connectivity index (χ1n) is 5.98. The van der Waals surface area contributed by atoms with Crippen LogP contribution in [0.3, 0.4) is 0 Å². The van der Waals surface area contributed by atoms with Gasteiger partial charge < -0.3 is 10.6 Å². The largest absolute Gasteiger partial charge is 0.341 e. The lowest BCUT2D eigenvalue weighted by atomic mass is 9.81. The summed E-state index contributed by atoms with van der Waals surface area (Å²) in [7, 11) is 0. The first-order chi connectivity index (χ1) is 7.61. The van der Waals surface area contributed by atoms with Crippen LogP contribution in [0, 0.1) is 16.7 Å². The predicted molar refractivity (Wildman–Crippen MR) is 64.6 cm³/mol. The maximum atomic E-state index is 12.3. The van der Waals surface area contributed by atoms with Crippen LogP contribution in [0.5, 0.6) is 0 Å². The van der Waals surface area contributed by atoms with E-state index in [1.807, 2.05) is 20.8 Å². The SMILES string of the molecule is CCN(CCC#N)C(=O)C(CC)(CC)CN. The van der Waals surface area contributed by atoms with Crippen molar-refractivity contribution in [2.24, 2.45) is 11.1 Å². The summed E-state index contributed by atoms with van der Waals surface area (Å²) in [4.78, 5) is 14.1. The van der Waals surface area contributed by atoms with Gasteiger partial charge in [0.2, 0.25) is 5.91 Å². The highest BCUT2D eigenvalue weighted by atomic mass is 16.2. The molecule has 0 heterocycles. The number of nitriles is 1. The molecule has 0 aromatic heterocycles. The maximum Gasteiger partial charge on any atom is 0.230 e. The van der Waals surface area contributed by atoms with Crippen molar-refractivity contribution in [1.29, 1.82) is 5.26 Å². The van der Waals surface area contributed by atoms with Gasteiger partial charge in [-0.15, -0.1) is 0 Å². The summed E-state index contributed by atoms with van der Waals surface area (Å²) in [6, 6.07) is 2.07. The van der Waals surface area contributed by atoms with Crippen molar-refractivity contribution in [2.45, 2.75) is 40.0 Å². The molecule has 0 fully saturated rings. The van der Waals surface area contributed by atoms with Crippen molar-refractivity contribution >= 4 is 5.91 Å². The third kappa shape index (κ3) is 3.21. The monoisotopic (exact) mass is 225 g/mol. The summed E-state index contributed by atoms with van der Waals surface area (Å²) in [5.74, 6) is 0.0951. The Hall–Kier alpha value is -1.08. The number of carbonyl (C=O) groups is 1. The summed E-state index contributed by atoms with van der Waals surface area (Å²) in [6.45, 7) is 7.44. The van der Waals surface area contributed by atoms with E-state index in [9.17, 15) is 4.79 Å². The smallest absolute Gasteiger partial charge is 0.230 e. The van der Waals surface area contributed by atoms with Gasteiger partial charge in [-0.1, -0.05) is 13.8 Å². The highest BCUT2D eigenvalue weighted by molar-refractivity contribution is 5.83. The van der Waals surface area contributed by atoms with E-state index in [4.69, 9.17) is 11.0 Å². The number of rotatable bonds is 7. The molecule has 0 aliphatic carbocycles. The molecule has 0 unspecified atom stereocenters. The molecule has 0 saturated carbocycles. The molecule has 4 heteroatoms. The first kappa shape index (κ1) is 14.9. The highest BCUT2D eigenvalue weighted by Gasteiger charge is 2.36. The Morgan fingerprint density at radius 1 is 1.38 bits per heavy atom. The van der Waals surface area contributed by atoms with E-state index in [0.29, 0.717) is 26.1 Å². The molecule has 0 aliphatic heterocycles. The van der Waals surface area contributed by atoms with Crippen LogP contribution in [0.4, 0.5) is 0 Å². The molecular weight excluding hydrogens is 202 g/mol. The zero-order valence-electron chi connectivity index (χ0n) is 10.6. The number of nitrogens with zero attached hydrogens (tertiary/aromatic N) is 2. The Kier molecular flexibility index (Phi) is 6.75. The van der Waals surface area contributed by atoms with Gasteiger partial charge in [-0.3, -0.25) is 4.79 Å². The van der Waals surface area contributed by atoms with Crippen molar-refractivity contribution in [2.75, 3.05) is 19.6 Å². The molecule has 0 aromatic rings. The molecule has 0 spiro atoms. The number of carbonyl (C=O) groups excluding carboxylic acids is 1. The average Bonchev–Trinajstić information content (AvgIpc) is 2.33. The minimum absolute atomic E-state index is 0.0951. The van der Waals surface area contributed by atoms with Crippen LogP contribution >= 0.6 is 0 Å². The van der Waals surface area contributed by atoms with Crippen molar-refractivity contribution in [3.8, 4) is 6.07 Å². The summed E-state index contributed by atoms with van der Waals surface area (Å²) in [6.07, 6.45) is 1.89. The van der Waals surface area contributed by atoms with Crippen molar-refractivity contribution in [3.05, 3.63) is 0 Å². The summed E-state index contributed by atoms with van der Waals surface area (Å²) < 4.78 is 0. The van der Waals surface area contributed by atoms with Crippen molar-refractivity contribution in [1.82, 2.24) is 4.90 Å². The second-order valence-corrected chi connectivity index (χ2v) is 3.98. The third-order valence-electron chi connectivity index (χ3n) is 3.36. The van der Waals surface area contributed by atoms with E-state index in [1.165, 1.54) is 0 Å². The predicted octanol–water partition coefficient (Wildman–Crippen LogP) is 1.51. The molecule has 0 radical (unpaired) electrons. The highest BCUT2D eigenvalue weighted by Crippen LogP contribution is 2.27. The van der Waals surface area contributed by atoms with Crippen LogP contribution in [0.1, 0.15) is 40.0 Å². The van der Waals surface area contributed by atoms with Gasteiger partial charge in [-0.25, -0.2) is 0 Å². The van der Waals surface area contributed by atoms with Crippen LogP contribution in [0.2, 0.25) is 0 Å². The van der Waals surface area contributed by atoms with E-state index >= 15 is 0 Å². The fraction of sp³-hybridized carbons (Fsp3) is 0.833. The summed E-state index contributed by atoms with van der Waals surface area (Å²) in [5.41, 5.74) is 5.30. The van der Waals surface area contributed by atoms with Gasteiger partial charge in [-0.05, 0) is 19.8 Å². The lowest BCUT2D eigenvalue weighted by molar-refractivity contribution is -0.141. The standard InChI is InChI=1S/C12H23N3O/c1-4-12(5-2,10-14)11(16)15(6-3)9-7-8-13/h4-7,9-10,14H2,1-3H3. The van der Waals surface area contributed by atoms with Crippen LogP contribution in [0.25, 0.3) is 0 Å². The molecule has 92 valence electrons. The van der Waals surface area contributed by atoms with Gasteiger partial charge >= 0.3 is 0 Å². The summed E-state index contributed by atoms with van der Waals surface area (Å²) >= 11 is 0.